The molecule has 2 aromatic heterocycles. The molecule has 0 saturated heterocycles. The molecule has 2 heterocycles. The minimum absolute atomic E-state index is 0.184. The number of hydrogen-bond acceptors (Lipinski definition) is 5. The van der Waals surface area contributed by atoms with Crippen LogP contribution in [0.15, 0.2) is 33.4 Å². The number of unbranched alkanes of at least 4 members (excludes halogenated alkanes) is 2. The molecule has 0 unspecified atom stereocenters. The first kappa shape index (κ1) is 13.4. The largest absolute Gasteiger partial charge is 0.461 e. The van der Waals surface area contributed by atoms with E-state index in [2.05, 4.69) is 10.5 Å². The standard InChI is InChI=1S/C13H16N2O4/c16-7-3-1-2-6-14-13(17)10-9-12(19-15-10)11-5-4-8-18-11/h4-5,8-9,16H,1-3,6-7H2,(H,14,17). The van der Waals surface area contributed by atoms with E-state index < -0.39 is 0 Å². The van der Waals surface area contributed by atoms with Crippen LogP contribution in [0.4, 0.5) is 0 Å². The summed E-state index contributed by atoms with van der Waals surface area (Å²) < 4.78 is 10.2. The molecule has 0 aliphatic carbocycles. The summed E-state index contributed by atoms with van der Waals surface area (Å²) in [5, 5.41) is 15.1. The Labute approximate surface area is 110 Å². The molecule has 2 aromatic rings. The monoisotopic (exact) mass is 264 g/mol. The topological polar surface area (TPSA) is 88.5 Å². The van der Waals surface area contributed by atoms with Gasteiger partial charge >= 0.3 is 0 Å². The quantitative estimate of drug-likeness (QED) is 0.745. The Balaban J connectivity index is 1.83. The van der Waals surface area contributed by atoms with Gasteiger partial charge in [-0.1, -0.05) is 5.16 Å². The SMILES string of the molecule is O=C(NCCCCCO)c1cc(-c2ccco2)on1. The molecule has 6 heteroatoms. The number of aliphatic hydroxyl groups excluding tert-OH is 1. The summed E-state index contributed by atoms with van der Waals surface area (Å²) >= 11 is 0. The lowest BCUT2D eigenvalue weighted by atomic mass is 10.2. The van der Waals surface area contributed by atoms with Crippen LogP contribution in [0.3, 0.4) is 0 Å². The Morgan fingerprint density at radius 2 is 2.21 bits per heavy atom. The lowest BCUT2D eigenvalue weighted by molar-refractivity contribution is 0.0944. The van der Waals surface area contributed by atoms with E-state index in [0.29, 0.717) is 18.1 Å². The number of amides is 1. The molecule has 0 fully saturated rings. The van der Waals surface area contributed by atoms with Crippen LogP contribution in [0.25, 0.3) is 11.5 Å². The van der Waals surface area contributed by atoms with Crippen molar-refractivity contribution >= 4 is 5.91 Å². The average molecular weight is 264 g/mol. The van der Waals surface area contributed by atoms with Crippen LogP contribution in [0, 0.1) is 0 Å². The normalized spacial score (nSPS) is 10.6. The van der Waals surface area contributed by atoms with Crippen LogP contribution in [-0.2, 0) is 0 Å². The van der Waals surface area contributed by atoms with Crippen LogP contribution >= 0.6 is 0 Å². The van der Waals surface area contributed by atoms with Crippen LogP contribution in [0.2, 0.25) is 0 Å². The fourth-order valence-corrected chi connectivity index (χ4v) is 1.62. The maximum absolute atomic E-state index is 11.7. The Kier molecular flexibility index (Phi) is 4.74. The first-order valence-electron chi connectivity index (χ1n) is 6.21. The number of furan rings is 1. The minimum Gasteiger partial charge on any atom is -0.461 e. The summed E-state index contributed by atoms with van der Waals surface area (Å²) in [6.07, 6.45) is 3.99. The molecule has 6 nitrogen and oxygen atoms in total. The van der Waals surface area contributed by atoms with Crippen LogP contribution in [0.5, 0.6) is 0 Å². The minimum atomic E-state index is -0.273. The van der Waals surface area contributed by atoms with Gasteiger partial charge < -0.3 is 19.4 Å². The van der Waals surface area contributed by atoms with Gasteiger partial charge in [0.05, 0.1) is 6.26 Å². The van der Waals surface area contributed by atoms with Crippen molar-refractivity contribution in [3.8, 4) is 11.5 Å². The van der Waals surface area contributed by atoms with Crippen molar-refractivity contribution in [2.24, 2.45) is 0 Å². The Morgan fingerprint density at radius 1 is 1.32 bits per heavy atom. The molecule has 0 radical (unpaired) electrons. The van der Waals surface area contributed by atoms with Crippen LogP contribution in [-0.4, -0.2) is 29.3 Å². The summed E-state index contributed by atoms with van der Waals surface area (Å²) in [5.41, 5.74) is 0.230. The highest BCUT2D eigenvalue weighted by Gasteiger charge is 2.14. The van der Waals surface area contributed by atoms with E-state index in [4.69, 9.17) is 14.0 Å². The first-order valence-corrected chi connectivity index (χ1v) is 6.21. The van der Waals surface area contributed by atoms with Crippen molar-refractivity contribution in [3.63, 3.8) is 0 Å². The van der Waals surface area contributed by atoms with Crippen molar-refractivity contribution in [2.45, 2.75) is 19.3 Å². The molecule has 0 bridgehead atoms. The average Bonchev–Trinajstić information content (AvgIpc) is 3.08. The van der Waals surface area contributed by atoms with Gasteiger partial charge in [-0.05, 0) is 31.4 Å². The van der Waals surface area contributed by atoms with E-state index in [1.807, 2.05) is 0 Å². The summed E-state index contributed by atoms with van der Waals surface area (Å²) in [7, 11) is 0. The second kappa shape index (κ2) is 6.75. The highest BCUT2D eigenvalue weighted by atomic mass is 16.5. The zero-order chi connectivity index (χ0) is 13.5. The van der Waals surface area contributed by atoms with Gasteiger partial charge in [0.15, 0.2) is 11.5 Å². The smallest absolute Gasteiger partial charge is 0.273 e. The molecule has 102 valence electrons. The molecule has 2 N–H and O–H groups in total. The number of nitrogens with zero attached hydrogens (tertiary/aromatic N) is 1. The van der Waals surface area contributed by atoms with Crippen LogP contribution in [0.1, 0.15) is 29.8 Å². The van der Waals surface area contributed by atoms with E-state index in [1.54, 1.807) is 18.2 Å². The van der Waals surface area contributed by atoms with Gasteiger partial charge in [0.1, 0.15) is 0 Å². The number of aromatic nitrogens is 1. The van der Waals surface area contributed by atoms with Gasteiger partial charge in [-0.25, -0.2) is 0 Å². The Hall–Kier alpha value is -2.08. The second-order valence-corrected chi connectivity index (χ2v) is 4.09. The fraction of sp³-hybridized carbons (Fsp3) is 0.385. The van der Waals surface area contributed by atoms with E-state index in [1.165, 1.54) is 6.26 Å². The zero-order valence-electron chi connectivity index (χ0n) is 10.5. The van der Waals surface area contributed by atoms with E-state index >= 15 is 0 Å². The third kappa shape index (κ3) is 3.69. The van der Waals surface area contributed by atoms with E-state index in [0.717, 1.165) is 19.3 Å². The molecule has 1 amide bonds. The van der Waals surface area contributed by atoms with E-state index in [9.17, 15) is 4.79 Å². The molecule has 19 heavy (non-hydrogen) atoms. The van der Waals surface area contributed by atoms with Crippen molar-refractivity contribution in [1.82, 2.24) is 10.5 Å². The molecule has 0 aromatic carbocycles. The number of nitrogens with one attached hydrogen (secondary N) is 1. The van der Waals surface area contributed by atoms with Crippen LogP contribution < -0.4 is 5.32 Å². The summed E-state index contributed by atoms with van der Waals surface area (Å²) in [6.45, 7) is 0.742. The summed E-state index contributed by atoms with van der Waals surface area (Å²) in [4.78, 5) is 11.7. The number of aliphatic hydroxyl groups is 1. The van der Waals surface area contributed by atoms with Gasteiger partial charge in [0, 0.05) is 19.2 Å². The Bertz CT molecular complexity index is 504. The lowest BCUT2D eigenvalue weighted by Gasteiger charge is -2.01. The van der Waals surface area contributed by atoms with Gasteiger partial charge in [0.2, 0.25) is 5.76 Å². The predicted molar refractivity (Wildman–Crippen MR) is 67.5 cm³/mol. The second-order valence-electron chi connectivity index (χ2n) is 4.09. The molecular weight excluding hydrogens is 248 g/mol. The lowest BCUT2D eigenvalue weighted by Crippen LogP contribution is -2.24. The van der Waals surface area contributed by atoms with E-state index in [-0.39, 0.29) is 18.2 Å². The van der Waals surface area contributed by atoms with Crippen molar-refractivity contribution in [3.05, 3.63) is 30.2 Å². The third-order valence-electron chi connectivity index (χ3n) is 2.63. The molecule has 0 aliphatic rings. The molecular formula is C13H16N2O4. The molecule has 0 atom stereocenters. The summed E-state index contributed by atoms with van der Waals surface area (Å²) in [6, 6.07) is 5.01. The highest BCUT2D eigenvalue weighted by Crippen LogP contribution is 2.20. The number of hydrogen-bond donors (Lipinski definition) is 2. The number of carbonyl (C=O) groups excluding carboxylic acids is 1. The predicted octanol–water partition coefficient (Wildman–Crippen LogP) is 1.83. The third-order valence-corrected chi connectivity index (χ3v) is 2.63. The zero-order valence-corrected chi connectivity index (χ0v) is 10.5. The van der Waals surface area contributed by atoms with Gasteiger partial charge in [-0.15, -0.1) is 0 Å². The highest BCUT2D eigenvalue weighted by molar-refractivity contribution is 5.92. The Morgan fingerprint density at radius 3 is 2.95 bits per heavy atom. The van der Waals surface area contributed by atoms with Gasteiger partial charge in [0.25, 0.3) is 5.91 Å². The first-order chi connectivity index (χ1) is 9.31. The molecule has 0 aliphatic heterocycles. The van der Waals surface area contributed by atoms with Crippen molar-refractivity contribution in [2.75, 3.05) is 13.2 Å². The molecule has 0 saturated carbocycles. The maximum Gasteiger partial charge on any atom is 0.273 e. The molecule has 2 rings (SSSR count). The fourth-order valence-electron chi connectivity index (χ4n) is 1.62. The molecule has 0 spiro atoms. The summed E-state index contributed by atoms with van der Waals surface area (Å²) in [5.74, 6) is 0.690. The number of rotatable bonds is 7. The van der Waals surface area contributed by atoms with Gasteiger partial charge in [-0.2, -0.15) is 0 Å². The number of carbonyl (C=O) groups is 1. The van der Waals surface area contributed by atoms with Gasteiger partial charge in [-0.3, -0.25) is 4.79 Å². The maximum atomic E-state index is 11.7. The van der Waals surface area contributed by atoms with Crippen molar-refractivity contribution in [1.29, 1.82) is 0 Å². The van der Waals surface area contributed by atoms with Crippen molar-refractivity contribution < 1.29 is 18.8 Å².